The molecule has 1 aliphatic heterocycles. The van der Waals surface area contributed by atoms with E-state index in [4.69, 9.17) is 20.3 Å². The van der Waals surface area contributed by atoms with Crippen LogP contribution in [-0.4, -0.2) is 57.1 Å². The first-order chi connectivity index (χ1) is 9.40. The molecule has 5 atom stereocenters. The molecule has 8 heteroatoms. The van der Waals surface area contributed by atoms with Gasteiger partial charge < -0.3 is 35.6 Å². The smallest absolute Gasteiger partial charge is 0.335 e. The molecule has 20 heavy (non-hydrogen) atoms. The summed E-state index contributed by atoms with van der Waals surface area (Å²) in [7, 11) is 0. The third-order valence-corrected chi connectivity index (χ3v) is 2.95. The van der Waals surface area contributed by atoms with Gasteiger partial charge in [0.05, 0.1) is 0 Å². The Kier molecular flexibility index (Phi) is 4.09. The minimum atomic E-state index is -1.74. The molecule has 1 fully saturated rings. The number of hydrogen-bond donors (Lipinski definition) is 5. The zero-order valence-corrected chi connectivity index (χ0v) is 10.3. The van der Waals surface area contributed by atoms with Crippen molar-refractivity contribution in [1.82, 2.24) is 0 Å². The van der Waals surface area contributed by atoms with Crippen LogP contribution in [0.3, 0.4) is 0 Å². The predicted octanol–water partition coefficient (Wildman–Crippen LogP) is -1.46. The average molecular weight is 285 g/mol. The van der Waals surface area contributed by atoms with Crippen LogP contribution in [-0.2, 0) is 9.53 Å². The second-order valence-electron chi connectivity index (χ2n) is 4.42. The number of carboxylic acid groups (broad SMARTS) is 1. The summed E-state index contributed by atoms with van der Waals surface area (Å²) in [6.45, 7) is 0. The fourth-order valence-corrected chi connectivity index (χ4v) is 1.83. The lowest BCUT2D eigenvalue weighted by Crippen LogP contribution is -2.61. The fraction of sp³-hybridized carbons (Fsp3) is 0.417. The largest absolute Gasteiger partial charge is 0.479 e. The van der Waals surface area contributed by atoms with Gasteiger partial charge in [-0.25, -0.2) is 4.79 Å². The van der Waals surface area contributed by atoms with Crippen LogP contribution in [0, 0.1) is 0 Å². The van der Waals surface area contributed by atoms with Crippen molar-refractivity contribution in [3.63, 3.8) is 0 Å². The van der Waals surface area contributed by atoms with Crippen molar-refractivity contribution >= 4 is 11.7 Å². The molecule has 0 unspecified atom stereocenters. The Morgan fingerprint density at radius 3 is 2.25 bits per heavy atom. The maximum atomic E-state index is 10.9. The number of hydrogen-bond acceptors (Lipinski definition) is 7. The third kappa shape index (κ3) is 2.83. The van der Waals surface area contributed by atoms with Gasteiger partial charge in [0.2, 0.25) is 6.29 Å². The summed E-state index contributed by atoms with van der Waals surface area (Å²) in [6, 6.07) is 6.09. The molecule has 8 nitrogen and oxygen atoms in total. The fourth-order valence-electron chi connectivity index (χ4n) is 1.83. The molecular formula is C12H15NO7. The second-order valence-corrected chi connectivity index (χ2v) is 4.42. The number of aliphatic hydroxyl groups excluding tert-OH is 3. The van der Waals surface area contributed by atoms with E-state index in [2.05, 4.69) is 0 Å². The SMILES string of the molecule is Nc1ccc(O[C@@H]2O[C@@H](C(=O)O)[C@H](O)[C@@H](O)[C@@H]2O)cc1. The minimum absolute atomic E-state index is 0.274. The van der Waals surface area contributed by atoms with E-state index >= 15 is 0 Å². The Morgan fingerprint density at radius 1 is 1.10 bits per heavy atom. The molecule has 6 N–H and O–H groups in total. The second kappa shape index (κ2) is 5.63. The number of anilines is 1. The summed E-state index contributed by atoms with van der Waals surface area (Å²) in [5.74, 6) is -1.19. The Bertz CT molecular complexity index is 477. The van der Waals surface area contributed by atoms with Crippen LogP contribution in [0.1, 0.15) is 0 Å². The molecule has 0 aliphatic carbocycles. The van der Waals surface area contributed by atoms with Gasteiger partial charge in [0.1, 0.15) is 24.1 Å². The molecule has 0 saturated carbocycles. The van der Waals surface area contributed by atoms with Gasteiger partial charge in [-0.15, -0.1) is 0 Å². The number of carboxylic acids is 1. The Labute approximate surface area is 114 Å². The zero-order valence-electron chi connectivity index (χ0n) is 10.3. The molecule has 110 valence electrons. The zero-order chi connectivity index (χ0) is 14.9. The van der Waals surface area contributed by atoms with Gasteiger partial charge in [-0.05, 0) is 24.3 Å². The highest BCUT2D eigenvalue weighted by Crippen LogP contribution is 2.24. The minimum Gasteiger partial charge on any atom is -0.479 e. The van der Waals surface area contributed by atoms with Crippen LogP contribution in [0.15, 0.2) is 24.3 Å². The molecule has 0 bridgehead atoms. The monoisotopic (exact) mass is 285 g/mol. The number of aliphatic carboxylic acids is 1. The molecule has 0 radical (unpaired) electrons. The van der Waals surface area contributed by atoms with Crippen molar-refractivity contribution < 1.29 is 34.7 Å². The molecule has 1 aliphatic rings. The van der Waals surface area contributed by atoms with Gasteiger partial charge >= 0.3 is 5.97 Å². The molecule has 0 aromatic heterocycles. The maximum Gasteiger partial charge on any atom is 0.335 e. The Morgan fingerprint density at radius 2 is 1.70 bits per heavy atom. The molecule has 1 saturated heterocycles. The van der Waals surface area contributed by atoms with Crippen molar-refractivity contribution in [3.05, 3.63) is 24.3 Å². The first-order valence-electron chi connectivity index (χ1n) is 5.85. The molecule has 0 amide bonds. The number of nitrogens with two attached hydrogens (primary N) is 1. The number of aliphatic hydroxyl groups is 3. The molecule has 0 spiro atoms. The Hall–Kier alpha value is -1.87. The maximum absolute atomic E-state index is 10.9. The number of nitrogen functional groups attached to an aromatic ring is 1. The van der Waals surface area contributed by atoms with E-state index in [-0.39, 0.29) is 5.75 Å². The van der Waals surface area contributed by atoms with Gasteiger partial charge in [0.15, 0.2) is 6.10 Å². The summed E-state index contributed by atoms with van der Waals surface area (Å²) < 4.78 is 10.2. The average Bonchev–Trinajstić information content (AvgIpc) is 2.41. The van der Waals surface area contributed by atoms with Crippen molar-refractivity contribution in [2.45, 2.75) is 30.7 Å². The summed E-state index contributed by atoms with van der Waals surface area (Å²) >= 11 is 0. The molecular weight excluding hydrogens is 270 g/mol. The lowest BCUT2D eigenvalue weighted by Gasteiger charge is -2.38. The van der Waals surface area contributed by atoms with Gasteiger partial charge in [-0.2, -0.15) is 0 Å². The van der Waals surface area contributed by atoms with E-state index in [1.807, 2.05) is 0 Å². The van der Waals surface area contributed by atoms with E-state index in [1.165, 1.54) is 12.1 Å². The third-order valence-electron chi connectivity index (χ3n) is 2.95. The van der Waals surface area contributed by atoms with Crippen LogP contribution in [0.2, 0.25) is 0 Å². The lowest BCUT2D eigenvalue weighted by molar-refractivity contribution is -0.271. The molecule has 1 aromatic rings. The topological polar surface area (TPSA) is 142 Å². The van der Waals surface area contributed by atoms with E-state index < -0.39 is 36.7 Å². The predicted molar refractivity (Wildman–Crippen MR) is 65.8 cm³/mol. The van der Waals surface area contributed by atoms with Crippen molar-refractivity contribution in [1.29, 1.82) is 0 Å². The van der Waals surface area contributed by atoms with Crippen LogP contribution in [0.5, 0.6) is 5.75 Å². The highest BCUT2D eigenvalue weighted by atomic mass is 16.7. The first-order valence-corrected chi connectivity index (χ1v) is 5.85. The lowest BCUT2D eigenvalue weighted by atomic mass is 9.99. The molecule has 1 aromatic carbocycles. The van der Waals surface area contributed by atoms with Crippen molar-refractivity contribution in [2.75, 3.05) is 5.73 Å². The number of carbonyl (C=O) groups is 1. The summed E-state index contributed by atoms with van der Waals surface area (Å²) in [5.41, 5.74) is 6.00. The van der Waals surface area contributed by atoms with Crippen LogP contribution in [0.25, 0.3) is 0 Å². The molecule has 2 rings (SSSR count). The van der Waals surface area contributed by atoms with Gasteiger partial charge in [0.25, 0.3) is 0 Å². The standard InChI is InChI=1S/C12H15NO7/c13-5-1-3-6(4-2-5)19-12-9(16)7(14)8(15)10(20-12)11(17)18/h1-4,7-10,12,14-16H,13H2,(H,17,18)/t7-,8-,9+,10-,12-/m1/s1. The van der Waals surface area contributed by atoms with E-state index in [9.17, 15) is 20.1 Å². The van der Waals surface area contributed by atoms with Gasteiger partial charge in [-0.3, -0.25) is 0 Å². The highest BCUT2D eigenvalue weighted by molar-refractivity contribution is 5.73. The van der Waals surface area contributed by atoms with Crippen molar-refractivity contribution in [2.24, 2.45) is 0 Å². The van der Waals surface area contributed by atoms with Crippen LogP contribution < -0.4 is 10.5 Å². The quantitative estimate of drug-likeness (QED) is 0.424. The normalized spacial score (nSPS) is 33.6. The van der Waals surface area contributed by atoms with E-state index in [0.717, 1.165) is 0 Å². The number of rotatable bonds is 3. The molecule has 1 heterocycles. The van der Waals surface area contributed by atoms with Crippen LogP contribution >= 0.6 is 0 Å². The van der Waals surface area contributed by atoms with E-state index in [0.29, 0.717) is 5.69 Å². The highest BCUT2D eigenvalue weighted by Gasteiger charge is 2.48. The van der Waals surface area contributed by atoms with Gasteiger partial charge in [0, 0.05) is 5.69 Å². The van der Waals surface area contributed by atoms with E-state index in [1.54, 1.807) is 12.1 Å². The van der Waals surface area contributed by atoms with Gasteiger partial charge in [-0.1, -0.05) is 0 Å². The first kappa shape index (κ1) is 14.5. The summed E-state index contributed by atoms with van der Waals surface area (Å²) in [5, 5.41) is 37.8. The van der Waals surface area contributed by atoms with Crippen molar-refractivity contribution in [3.8, 4) is 5.75 Å². The summed E-state index contributed by atoms with van der Waals surface area (Å²) in [4.78, 5) is 10.9. The van der Waals surface area contributed by atoms with Crippen LogP contribution in [0.4, 0.5) is 5.69 Å². The summed E-state index contributed by atoms with van der Waals surface area (Å²) in [6.07, 6.45) is -8.12. The number of benzene rings is 1. The Balaban J connectivity index is 2.13. The number of ether oxygens (including phenoxy) is 2.